The molecular weight excluding hydrogens is 405 g/mol. The number of rotatable bonds is 5. The average molecular weight is 428 g/mol. The standard InChI is InChI=1S/C23H23ClFN3O2/c1-2-26-11-13-27(14-12-26)21-20(17-5-9-19(25)10-6-17)22(29)28(23(21)30)15-16-3-7-18(24)8-4-16/h3-10H,2,11-15H2,1H3. The van der Waals surface area contributed by atoms with Crippen molar-refractivity contribution >= 4 is 29.0 Å². The number of nitrogens with zero attached hydrogens (tertiary/aromatic N) is 3. The molecule has 1 saturated heterocycles. The van der Waals surface area contributed by atoms with Crippen LogP contribution in [0.5, 0.6) is 0 Å². The van der Waals surface area contributed by atoms with E-state index in [1.165, 1.54) is 17.0 Å². The number of hydrogen-bond donors (Lipinski definition) is 0. The van der Waals surface area contributed by atoms with Gasteiger partial charge in [-0.2, -0.15) is 0 Å². The van der Waals surface area contributed by atoms with Gasteiger partial charge in [-0.25, -0.2) is 4.39 Å². The molecule has 0 radical (unpaired) electrons. The lowest BCUT2D eigenvalue weighted by molar-refractivity contribution is -0.138. The Bertz CT molecular complexity index is 981. The van der Waals surface area contributed by atoms with E-state index in [2.05, 4.69) is 11.8 Å². The molecule has 2 aromatic rings. The van der Waals surface area contributed by atoms with Crippen LogP contribution in [0.15, 0.2) is 54.2 Å². The lowest BCUT2D eigenvalue weighted by atomic mass is 10.0. The molecule has 0 unspecified atom stereocenters. The van der Waals surface area contributed by atoms with Crippen LogP contribution in [0.1, 0.15) is 18.1 Å². The van der Waals surface area contributed by atoms with Crippen LogP contribution >= 0.6 is 11.6 Å². The van der Waals surface area contributed by atoms with E-state index in [1.54, 1.807) is 36.4 Å². The second-order valence-electron chi connectivity index (χ2n) is 7.47. The second-order valence-corrected chi connectivity index (χ2v) is 7.91. The van der Waals surface area contributed by atoms with Crippen molar-refractivity contribution in [3.05, 3.63) is 76.2 Å². The highest BCUT2D eigenvalue weighted by atomic mass is 35.5. The molecule has 4 rings (SSSR count). The van der Waals surface area contributed by atoms with Crippen LogP contribution in [-0.2, 0) is 16.1 Å². The smallest absolute Gasteiger partial charge is 0.278 e. The van der Waals surface area contributed by atoms with Gasteiger partial charge in [0.15, 0.2) is 0 Å². The number of carbonyl (C=O) groups is 2. The molecule has 0 spiro atoms. The van der Waals surface area contributed by atoms with Crippen molar-refractivity contribution in [3.8, 4) is 0 Å². The first-order valence-electron chi connectivity index (χ1n) is 10.1. The van der Waals surface area contributed by atoms with Crippen LogP contribution in [0.2, 0.25) is 5.02 Å². The summed E-state index contributed by atoms with van der Waals surface area (Å²) in [6.07, 6.45) is 0. The van der Waals surface area contributed by atoms with E-state index in [1.807, 2.05) is 4.90 Å². The van der Waals surface area contributed by atoms with Gasteiger partial charge in [0.05, 0.1) is 12.1 Å². The fraction of sp³-hybridized carbons (Fsp3) is 0.304. The summed E-state index contributed by atoms with van der Waals surface area (Å²) in [6.45, 7) is 6.22. The van der Waals surface area contributed by atoms with Crippen molar-refractivity contribution in [2.45, 2.75) is 13.5 Å². The molecule has 7 heteroatoms. The number of halogens is 2. The minimum absolute atomic E-state index is 0.165. The molecule has 0 bridgehead atoms. The summed E-state index contributed by atoms with van der Waals surface area (Å²) in [7, 11) is 0. The molecule has 2 heterocycles. The molecule has 0 saturated carbocycles. The maximum absolute atomic E-state index is 13.5. The zero-order valence-corrected chi connectivity index (χ0v) is 17.5. The Balaban J connectivity index is 1.69. The minimum Gasteiger partial charge on any atom is -0.364 e. The van der Waals surface area contributed by atoms with Gasteiger partial charge in [0, 0.05) is 31.2 Å². The normalized spacial score (nSPS) is 18.0. The van der Waals surface area contributed by atoms with E-state index in [-0.39, 0.29) is 24.2 Å². The fourth-order valence-corrected chi connectivity index (χ4v) is 4.06. The first-order chi connectivity index (χ1) is 14.5. The summed E-state index contributed by atoms with van der Waals surface area (Å²) >= 11 is 5.95. The third-order valence-corrected chi connectivity index (χ3v) is 5.92. The van der Waals surface area contributed by atoms with E-state index < -0.39 is 0 Å². The van der Waals surface area contributed by atoms with E-state index in [4.69, 9.17) is 11.6 Å². The average Bonchev–Trinajstić information content (AvgIpc) is 3.00. The zero-order valence-electron chi connectivity index (χ0n) is 16.8. The van der Waals surface area contributed by atoms with Gasteiger partial charge in [-0.3, -0.25) is 14.5 Å². The van der Waals surface area contributed by atoms with Crippen molar-refractivity contribution in [1.29, 1.82) is 0 Å². The van der Waals surface area contributed by atoms with Crippen LogP contribution in [0.3, 0.4) is 0 Å². The van der Waals surface area contributed by atoms with Crippen molar-refractivity contribution in [2.24, 2.45) is 0 Å². The molecule has 0 aliphatic carbocycles. The summed E-state index contributed by atoms with van der Waals surface area (Å²) in [5.74, 6) is -1.04. The van der Waals surface area contributed by atoms with E-state index in [0.717, 1.165) is 25.2 Å². The van der Waals surface area contributed by atoms with Crippen molar-refractivity contribution in [3.63, 3.8) is 0 Å². The number of hydrogen-bond acceptors (Lipinski definition) is 4. The van der Waals surface area contributed by atoms with Gasteiger partial charge < -0.3 is 9.80 Å². The highest BCUT2D eigenvalue weighted by molar-refractivity contribution is 6.35. The Labute approximate surface area is 180 Å². The molecule has 1 fully saturated rings. The lowest BCUT2D eigenvalue weighted by Gasteiger charge is -2.36. The van der Waals surface area contributed by atoms with Gasteiger partial charge in [0.25, 0.3) is 11.8 Å². The Hall–Kier alpha value is -2.70. The second kappa shape index (κ2) is 8.58. The molecule has 2 aromatic carbocycles. The molecule has 156 valence electrons. The monoisotopic (exact) mass is 427 g/mol. The maximum Gasteiger partial charge on any atom is 0.278 e. The summed E-state index contributed by atoms with van der Waals surface area (Å²) in [5.41, 5.74) is 2.13. The molecular formula is C23H23ClFN3O2. The van der Waals surface area contributed by atoms with Crippen LogP contribution in [0.4, 0.5) is 4.39 Å². The van der Waals surface area contributed by atoms with E-state index >= 15 is 0 Å². The number of benzene rings is 2. The van der Waals surface area contributed by atoms with Gasteiger partial charge in [-0.1, -0.05) is 42.8 Å². The SMILES string of the molecule is CCN1CCN(C2=C(c3ccc(F)cc3)C(=O)N(Cc3ccc(Cl)cc3)C2=O)CC1. The maximum atomic E-state index is 13.5. The number of amides is 2. The summed E-state index contributed by atoms with van der Waals surface area (Å²) in [6, 6.07) is 12.8. The number of imide groups is 1. The van der Waals surface area contributed by atoms with Crippen LogP contribution in [0, 0.1) is 5.82 Å². The third-order valence-electron chi connectivity index (χ3n) is 5.67. The van der Waals surface area contributed by atoms with Gasteiger partial charge in [-0.05, 0) is 41.9 Å². The van der Waals surface area contributed by atoms with Crippen LogP contribution in [0.25, 0.3) is 5.57 Å². The zero-order chi connectivity index (χ0) is 21.3. The number of likely N-dealkylation sites (N-methyl/N-ethyl adjacent to an activating group) is 1. The molecule has 30 heavy (non-hydrogen) atoms. The minimum atomic E-state index is -0.382. The molecule has 0 N–H and O–H groups in total. The van der Waals surface area contributed by atoms with Gasteiger partial charge >= 0.3 is 0 Å². The van der Waals surface area contributed by atoms with Crippen molar-refractivity contribution < 1.29 is 14.0 Å². The van der Waals surface area contributed by atoms with Crippen LogP contribution in [-0.4, -0.2) is 59.2 Å². The largest absolute Gasteiger partial charge is 0.364 e. The third kappa shape index (κ3) is 3.98. The Morgan fingerprint density at radius 1 is 0.900 bits per heavy atom. The van der Waals surface area contributed by atoms with Gasteiger partial charge in [-0.15, -0.1) is 0 Å². The van der Waals surface area contributed by atoms with E-state index in [0.29, 0.717) is 34.9 Å². The Morgan fingerprint density at radius 3 is 2.13 bits per heavy atom. The molecule has 0 atom stereocenters. The first-order valence-corrected chi connectivity index (χ1v) is 10.4. The summed E-state index contributed by atoms with van der Waals surface area (Å²) in [5, 5.41) is 0.595. The molecule has 2 aliphatic heterocycles. The van der Waals surface area contributed by atoms with Crippen molar-refractivity contribution in [1.82, 2.24) is 14.7 Å². The topological polar surface area (TPSA) is 43.9 Å². The first kappa shape index (κ1) is 20.6. The lowest BCUT2D eigenvalue weighted by Crippen LogP contribution is -2.47. The number of piperazine rings is 1. The van der Waals surface area contributed by atoms with Crippen molar-refractivity contribution in [2.75, 3.05) is 32.7 Å². The molecule has 2 amide bonds. The van der Waals surface area contributed by atoms with Gasteiger partial charge in [0.2, 0.25) is 0 Å². The highest BCUT2D eigenvalue weighted by Crippen LogP contribution is 2.33. The molecule has 5 nitrogen and oxygen atoms in total. The van der Waals surface area contributed by atoms with E-state index in [9.17, 15) is 14.0 Å². The quantitative estimate of drug-likeness (QED) is 0.686. The Morgan fingerprint density at radius 2 is 1.53 bits per heavy atom. The van der Waals surface area contributed by atoms with Gasteiger partial charge in [0.1, 0.15) is 11.5 Å². The number of carbonyl (C=O) groups excluding carboxylic acids is 2. The Kier molecular flexibility index (Phi) is 5.88. The summed E-state index contributed by atoms with van der Waals surface area (Å²) in [4.78, 5) is 32.3. The summed E-state index contributed by atoms with van der Waals surface area (Å²) < 4.78 is 13.5. The molecule has 2 aliphatic rings. The fourth-order valence-electron chi connectivity index (χ4n) is 3.94. The van der Waals surface area contributed by atoms with Crippen LogP contribution < -0.4 is 0 Å². The predicted molar refractivity (Wildman–Crippen MR) is 114 cm³/mol. The highest BCUT2D eigenvalue weighted by Gasteiger charge is 2.42. The molecule has 0 aromatic heterocycles. The predicted octanol–water partition coefficient (Wildman–Crippen LogP) is 3.40.